The van der Waals surface area contributed by atoms with E-state index in [9.17, 15) is 0 Å². The largest absolute Gasteiger partial charge is 0.484 e. The van der Waals surface area contributed by atoms with E-state index >= 15 is 0 Å². The molecule has 0 fully saturated rings. The number of thioether (sulfide) groups is 1. The van der Waals surface area contributed by atoms with Gasteiger partial charge in [-0.25, -0.2) is 0 Å². The van der Waals surface area contributed by atoms with Crippen molar-refractivity contribution in [2.45, 2.75) is 32.6 Å². The molecule has 1 aromatic heterocycles. The Hall–Kier alpha value is -1.49. The minimum Gasteiger partial charge on any atom is -0.484 e. The molecule has 5 heteroatoms. The zero-order valence-electron chi connectivity index (χ0n) is 10.8. The van der Waals surface area contributed by atoms with Gasteiger partial charge in [0.2, 0.25) is 0 Å². The van der Waals surface area contributed by atoms with E-state index in [1.54, 1.807) is 0 Å². The maximum atomic E-state index is 5.61. The number of nitrogens with zero attached hydrogens (tertiary/aromatic N) is 2. The second-order valence-corrected chi connectivity index (χ2v) is 5.14. The van der Waals surface area contributed by atoms with Crippen LogP contribution in [0, 0.1) is 13.8 Å². The Morgan fingerprint density at radius 2 is 2.06 bits per heavy atom. The molecule has 2 rings (SSSR count). The Kier molecular flexibility index (Phi) is 4.25. The predicted molar refractivity (Wildman–Crippen MR) is 70.9 cm³/mol. The van der Waals surface area contributed by atoms with Crippen molar-refractivity contribution >= 4 is 11.8 Å². The Labute approximate surface area is 111 Å². The van der Waals surface area contributed by atoms with Crippen molar-refractivity contribution in [1.82, 2.24) is 10.2 Å². The molecule has 0 bridgehead atoms. The topological polar surface area (TPSA) is 48.2 Å². The van der Waals surface area contributed by atoms with Crippen LogP contribution < -0.4 is 4.74 Å². The number of benzene rings is 1. The van der Waals surface area contributed by atoms with Gasteiger partial charge in [0.15, 0.2) is 6.61 Å². The number of hydrogen-bond acceptors (Lipinski definition) is 5. The minimum absolute atomic E-state index is 0.305. The molecule has 0 atom stereocenters. The van der Waals surface area contributed by atoms with Crippen LogP contribution in [-0.2, 0) is 6.61 Å². The summed E-state index contributed by atoms with van der Waals surface area (Å²) in [5.74, 6) is 2.24. The summed E-state index contributed by atoms with van der Waals surface area (Å²) in [6.07, 6.45) is 0. The molecular weight excluding hydrogens is 248 g/mol. The summed E-state index contributed by atoms with van der Waals surface area (Å²) < 4.78 is 11.0. The lowest BCUT2D eigenvalue weighted by atomic mass is 10.1. The number of aryl methyl sites for hydroxylation is 2. The van der Waals surface area contributed by atoms with Gasteiger partial charge in [-0.15, -0.1) is 10.2 Å². The molecule has 0 radical (unpaired) electrons. The van der Waals surface area contributed by atoms with Crippen LogP contribution in [-0.4, -0.2) is 16.0 Å². The van der Waals surface area contributed by atoms with Crippen LogP contribution in [0.4, 0.5) is 0 Å². The molecule has 0 amide bonds. The smallest absolute Gasteiger partial charge is 0.276 e. The lowest BCUT2D eigenvalue weighted by Gasteiger charge is -2.05. The van der Waals surface area contributed by atoms with E-state index in [-0.39, 0.29) is 0 Å². The molecule has 0 aliphatic carbocycles. The first-order valence-electron chi connectivity index (χ1n) is 5.84. The highest BCUT2D eigenvalue weighted by molar-refractivity contribution is 7.99. The van der Waals surface area contributed by atoms with Crippen molar-refractivity contribution in [3.05, 3.63) is 35.2 Å². The third-order valence-corrected chi connectivity index (χ3v) is 3.26. The maximum Gasteiger partial charge on any atom is 0.276 e. The molecule has 4 nitrogen and oxygen atoms in total. The van der Waals surface area contributed by atoms with E-state index in [1.165, 1.54) is 22.9 Å². The van der Waals surface area contributed by atoms with Gasteiger partial charge in [0.05, 0.1) is 0 Å². The second-order valence-electron chi connectivity index (χ2n) is 3.93. The van der Waals surface area contributed by atoms with E-state index in [0.29, 0.717) is 17.7 Å². The van der Waals surface area contributed by atoms with Crippen LogP contribution in [0.5, 0.6) is 5.75 Å². The highest BCUT2D eigenvalue weighted by Crippen LogP contribution is 2.19. The molecule has 0 N–H and O–H groups in total. The fraction of sp³-hybridized carbons (Fsp3) is 0.385. The lowest BCUT2D eigenvalue weighted by Crippen LogP contribution is -1.96. The highest BCUT2D eigenvalue weighted by atomic mass is 32.2. The van der Waals surface area contributed by atoms with Crippen LogP contribution in [0.15, 0.2) is 27.8 Å². The third kappa shape index (κ3) is 3.26. The monoisotopic (exact) mass is 264 g/mol. The molecule has 0 unspecified atom stereocenters. The predicted octanol–water partition coefficient (Wildman–Crippen LogP) is 3.38. The summed E-state index contributed by atoms with van der Waals surface area (Å²) in [6, 6.07) is 5.99. The summed E-state index contributed by atoms with van der Waals surface area (Å²) >= 11 is 1.53. The minimum atomic E-state index is 0.305. The average Bonchev–Trinajstić information content (AvgIpc) is 2.79. The zero-order valence-corrected chi connectivity index (χ0v) is 11.6. The van der Waals surface area contributed by atoms with E-state index in [1.807, 2.05) is 25.1 Å². The van der Waals surface area contributed by atoms with Gasteiger partial charge < -0.3 is 9.15 Å². The molecule has 0 saturated carbocycles. The first-order valence-corrected chi connectivity index (χ1v) is 6.83. The molecule has 1 aromatic carbocycles. The van der Waals surface area contributed by atoms with Crippen molar-refractivity contribution in [1.29, 1.82) is 0 Å². The summed E-state index contributed by atoms with van der Waals surface area (Å²) in [6.45, 7) is 6.48. The van der Waals surface area contributed by atoms with Gasteiger partial charge in [0.1, 0.15) is 5.75 Å². The first-order chi connectivity index (χ1) is 8.69. The van der Waals surface area contributed by atoms with Crippen molar-refractivity contribution in [2.24, 2.45) is 0 Å². The normalized spacial score (nSPS) is 10.6. The molecule has 1 heterocycles. The molecule has 2 aromatic rings. The van der Waals surface area contributed by atoms with Crippen molar-refractivity contribution in [3.8, 4) is 5.75 Å². The molecule has 0 saturated heterocycles. The first kappa shape index (κ1) is 13.0. The van der Waals surface area contributed by atoms with E-state index in [2.05, 4.69) is 24.0 Å². The Bertz CT molecular complexity index is 525. The number of ether oxygens (including phenoxy) is 1. The van der Waals surface area contributed by atoms with E-state index < -0.39 is 0 Å². The van der Waals surface area contributed by atoms with Gasteiger partial charge in [0, 0.05) is 0 Å². The number of hydrogen-bond donors (Lipinski definition) is 0. The van der Waals surface area contributed by atoms with Gasteiger partial charge >= 0.3 is 0 Å². The number of aromatic nitrogens is 2. The summed E-state index contributed by atoms with van der Waals surface area (Å²) in [5, 5.41) is 8.44. The Morgan fingerprint density at radius 3 is 2.78 bits per heavy atom. The van der Waals surface area contributed by atoms with Gasteiger partial charge in [0.25, 0.3) is 11.1 Å². The molecular formula is C13H16N2O2S. The Balaban J connectivity index is 1.95. The van der Waals surface area contributed by atoms with Gasteiger partial charge in [-0.1, -0.05) is 24.8 Å². The van der Waals surface area contributed by atoms with Gasteiger partial charge in [-0.05, 0) is 42.9 Å². The van der Waals surface area contributed by atoms with Crippen LogP contribution >= 0.6 is 11.8 Å². The molecule has 0 aliphatic heterocycles. The van der Waals surface area contributed by atoms with Crippen LogP contribution in [0.3, 0.4) is 0 Å². The quantitative estimate of drug-likeness (QED) is 0.775. The van der Waals surface area contributed by atoms with E-state index in [4.69, 9.17) is 9.15 Å². The fourth-order valence-corrected chi connectivity index (χ4v) is 1.93. The lowest BCUT2D eigenvalue weighted by molar-refractivity contribution is 0.252. The molecule has 0 spiro atoms. The molecule has 18 heavy (non-hydrogen) atoms. The van der Waals surface area contributed by atoms with E-state index in [0.717, 1.165) is 11.5 Å². The fourth-order valence-electron chi connectivity index (χ4n) is 1.43. The van der Waals surface area contributed by atoms with Crippen LogP contribution in [0.1, 0.15) is 23.9 Å². The van der Waals surface area contributed by atoms with Crippen molar-refractivity contribution < 1.29 is 9.15 Å². The van der Waals surface area contributed by atoms with Gasteiger partial charge in [-0.2, -0.15) is 0 Å². The molecule has 0 aliphatic rings. The third-order valence-electron chi connectivity index (χ3n) is 2.56. The molecule has 96 valence electrons. The van der Waals surface area contributed by atoms with Crippen molar-refractivity contribution in [2.75, 3.05) is 5.75 Å². The van der Waals surface area contributed by atoms with Gasteiger partial charge in [-0.3, -0.25) is 0 Å². The average molecular weight is 264 g/mol. The summed E-state index contributed by atoms with van der Waals surface area (Å²) in [5.41, 5.74) is 2.46. The van der Waals surface area contributed by atoms with Crippen LogP contribution in [0.2, 0.25) is 0 Å². The SMILES string of the molecule is CCSc1nnc(COc2ccc(C)c(C)c2)o1. The Morgan fingerprint density at radius 1 is 1.22 bits per heavy atom. The standard InChI is InChI=1S/C13H16N2O2S/c1-4-18-13-15-14-12(17-13)8-16-11-6-5-9(2)10(3)7-11/h5-7H,4,8H2,1-3H3. The zero-order chi connectivity index (χ0) is 13.0. The van der Waals surface area contributed by atoms with Crippen LogP contribution in [0.25, 0.3) is 0 Å². The van der Waals surface area contributed by atoms with Crippen molar-refractivity contribution in [3.63, 3.8) is 0 Å². The number of rotatable bonds is 5. The second kappa shape index (κ2) is 5.91. The summed E-state index contributed by atoms with van der Waals surface area (Å²) in [7, 11) is 0. The maximum absolute atomic E-state index is 5.61. The highest BCUT2D eigenvalue weighted by Gasteiger charge is 2.06. The summed E-state index contributed by atoms with van der Waals surface area (Å²) in [4.78, 5) is 0.